The van der Waals surface area contributed by atoms with Crippen molar-refractivity contribution in [2.24, 2.45) is 4.99 Å². The van der Waals surface area contributed by atoms with Crippen molar-refractivity contribution in [1.29, 1.82) is 0 Å². The number of guanidine groups is 1. The summed E-state index contributed by atoms with van der Waals surface area (Å²) in [6.45, 7) is 7.17. The average molecular weight is 513 g/mol. The minimum atomic E-state index is 0. The molecule has 2 N–H and O–H groups in total. The molecule has 0 radical (unpaired) electrons. The Morgan fingerprint density at radius 3 is 2.63 bits per heavy atom. The summed E-state index contributed by atoms with van der Waals surface area (Å²) in [6, 6.07) is 5.78. The Morgan fingerprint density at radius 1 is 1.22 bits per heavy atom. The van der Waals surface area contributed by atoms with Gasteiger partial charge in [-0.05, 0) is 51.1 Å². The highest BCUT2D eigenvalue weighted by molar-refractivity contribution is 14.0. The minimum absolute atomic E-state index is 0. The molecule has 0 aliphatic rings. The summed E-state index contributed by atoms with van der Waals surface area (Å²) in [5, 5.41) is 7.37. The Morgan fingerprint density at radius 2 is 2.00 bits per heavy atom. The van der Waals surface area contributed by atoms with Gasteiger partial charge in [0.1, 0.15) is 5.75 Å². The Bertz CT molecular complexity index is 546. The molecule has 0 aromatic heterocycles. The molecule has 0 heterocycles. The van der Waals surface area contributed by atoms with Gasteiger partial charge in [0, 0.05) is 38.3 Å². The maximum atomic E-state index is 6.29. The number of ether oxygens (including phenoxy) is 2. The van der Waals surface area contributed by atoms with E-state index in [2.05, 4.69) is 34.5 Å². The van der Waals surface area contributed by atoms with E-state index in [9.17, 15) is 0 Å². The topological polar surface area (TPSA) is 58.1 Å². The zero-order valence-corrected chi connectivity index (χ0v) is 20.0. The summed E-state index contributed by atoms with van der Waals surface area (Å²) in [6.07, 6.45) is 1.84. The third kappa shape index (κ3) is 11.6. The summed E-state index contributed by atoms with van der Waals surface area (Å²) in [4.78, 5) is 6.89. The molecule has 27 heavy (non-hydrogen) atoms. The van der Waals surface area contributed by atoms with E-state index in [4.69, 9.17) is 21.1 Å². The van der Waals surface area contributed by atoms with Crippen LogP contribution in [-0.4, -0.2) is 71.5 Å². The fourth-order valence-electron chi connectivity index (χ4n) is 2.41. The van der Waals surface area contributed by atoms with Crippen molar-refractivity contribution in [3.8, 4) is 5.75 Å². The number of benzene rings is 1. The number of likely N-dealkylation sites (N-methyl/N-ethyl adjacent to an activating group) is 1. The molecular formula is C19H34ClIN4O2. The Labute approximate surface area is 186 Å². The molecule has 0 fully saturated rings. The van der Waals surface area contributed by atoms with E-state index in [-0.39, 0.29) is 24.0 Å². The molecule has 0 spiro atoms. The van der Waals surface area contributed by atoms with Crippen LogP contribution in [0.15, 0.2) is 23.2 Å². The molecule has 1 aromatic carbocycles. The summed E-state index contributed by atoms with van der Waals surface area (Å²) in [5.41, 5.74) is 1.09. The first-order chi connectivity index (χ1) is 12.6. The van der Waals surface area contributed by atoms with Gasteiger partial charge < -0.3 is 25.0 Å². The van der Waals surface area contributed by atoms with Crippen LogP contribution in [0.4, 0.5) is 0 Å². The molecule has 156 valence electrons. The van der Waals surface area contributed by atoms with Crippen molar-refractivity contribution >= 4 is 41.5 Å². The fraction of sp³-hybridized carbons (Fsp3) is 0.632. The Kier molecular flexibility index (Phi) is 15.7. The van der Waals surface area contributed by atoms with Gasteiger partial charge in [-0.3, -0.25) is 4.99 Å². The van der Waals surface area contributed by atoms with Crippen molar-refractivity contribution in [3.63, 3.8) is 0 Å². The summed E-state index contributed by atoms with van der Waals surface area (Å²) in [5.74, 6) is 1.62. The minimum Gasteiger partial charge on any atom is -0.497 e. The smallest absolute Gasteiger partial charge is 0.191 e. The molecule has 0 unspecified atom stereocenters. The molecule has 8 heteroatoms. The van der Waals surface area contributed by atoms with E-state index in [1.54, 1.807) is 14.2 Å². The number of hydrogen-bond acceptors (Lipinski definition) is 4. The van der Waals surface area contributed by atoms with Crippen molar-refractivity contribution in [2.75, 3.05) is 60.6 Å². The van der Waals surface area contributed by atoms with Gasteiger partial charge in [-0.2, -0.15) is 0 Å². The lowest BCUT2D eigenvalue weighted by molar-refractivity contribution is 0.161. The Balaban J connectivity index is 0.00000676. The van der Waals surface area contributed by atoms with Crippen LogP contribution < -0.4 is 15.4 Å². The van der Waals surface area contributed by atoms with Crippen LogP contribution in [0.3, 0.4) is 0 Å². The first-order valence-corrected chi connectivity index (χ1v) is 9.50. The second kappa shape index (κ2) is 16.2. The van der Waals surface area contributed by atoms with Gasteiger partial charge in [-0.1, -0.05) is 17.7 Å². The molecule has 1 rings (SSSR count). The largest absolute Gasteiger partial charge is 0.497 e. The molecule has 6 nitrogen and oxygen atoms in total. The lowest BCUT2D eigenvalue weighted by atomic mass is 10.1. The van der Waals surface area contributed by atoms with Crippen molar-refractivity contribution in [1.82, 2.24) is 15.5 Å². The predicted octanol–water partition coefficient (Wildman–Crippen LogP) is 3.03. The molecule has 0 saturated carbocycles. The number of nitrogens with one attached hydrogen (secondary N) is 2. The van der Waals surface area contributed by atoms with Gasteiger partial charge >= 0.3 is 0 Å². The van der Waals surface area contributed by atoms with Gasteiger partial charge in [0.2, 0.25) is 0 Å². The zero-order valence-electron chi connectivity index (χ0n) is 16.9. The van der Waals surface area contributed by atoms with Gasteiger partial charge in [0.25, 0.3) is 0 Å². The molecule has 0 aliphatic heterocycles. The highest BCUT2D eigenvalue weighted by atomic mass is 127. The maximum Gasteiger partial charge on any atom is 0.191 e. The van der Waals surface area contributed by atoms with E-state index in [1.807, 2.05) is 18.2 Å². The number of hydrogen-bond donors (Lipinski definition) is 2. The lowest BCUT2D eigenvalue weighted by Crippen LogP contribution is -2.38. The normalized spacial score (nSPS) is 11.3. The van der Waals surface area contributed by atoms with Gasteiger partial charge in [-0.15, -0.1) is 24.0 Å². The van der Waals surface area contributed by atoms with E-state index in [0.29, 0.717) is 0 Å². The van der Waals surface area contributed by atoms with Crippen LogP contribution in [-0.2, 0) is 11.2 Å². The van der Waals surface area contributed by atoms with Gasteiger partial charge in [-0.25, -0.2) is 0 Å². The van der Waals surface area contributed by atoms with E-state index < -0.39 is 0 Å². The summed E-state index contributed by atoms with van der Waals surface area (Å²) < 4.78 is 10.3. The summed E-state index contributed by atoms with van der Waals surface area (Å²) >= 11 is 6.29. The molecule has 0 amide bonds. The lowest BCUT2D eigenvalue weighted by Gasteiger charge is -2.15. The van der Waals surface area contributed by atoms with E-state index >= 15 is 0 Å². The molecule has 0 bridgehead atoms. The zero-order chi connectivity index (χ0) is 19.2. The van der Waals surface area contributed by atoms with Crippen LogP contribution in [0, 0.1) is 0 Å². The third-order valence-corrected chi connectivity index (χ3v) is 4.29. The average Bonchev–Trinajstić information content (AvgIpc) is 2.64. The number of halogens is 2. The van der Waals surface area contributed by atoms with Crippen LogP contribution in [0.1, 0.15) is 18.9 Å². The standard InChI is InChI=1S/C19H33ClN4O2.HI/c1-5-21-19(22-10-6-12-24(2)13-14-25-3)23-11-9-16-7-8-17(26-4)15-18(16)20;/h7-8,15H,5-6,9-14H2,1-4H3,(H2,21,22,23);1H. The Hall–Kier alpha value is -0.770. The van der Waals surface area contributed by atoms with Crippen LogP contribution >= 0.6 is 35.6 Å². The maximum absolute atomic E-state index is 6.29. The SMILES string of the molecule is CCNC(=NCCCN(C)CCOC)NCCc1ccc(OC)cc1Cl.I. The van der Waals surface area contributed by atoms with Crippen molar-refractivity contribution in [2.45, 2.75) is 19.8 Å². The quantitative estimate of drug-likeness (QED) is 0.195. The molecule has 0 atom stereocenters. The van der Waals surface area contributed by atoms with Crippen LogP contribution in [0.2, 0.25) is 5.02 Å². The second-order valence-corrected chi connectivity index (χ2v) is 6.45. The van der Waals surface area contributed by atoms with E-state index in [1.165, 1.54) is 0 Å². The number of methoxy groups -OCH3 is 2. The first kappa shape index (κ1) is 26.2. The molecule has 1 aromatic rings. The van der Waals surface area contributed by atoms with Crippen LogP contribution in [0.25, 0.3) is 0 Å². The van der Waals surface area contributed by atoms with Gasteiger partial charge in [0.05, 0.1) is 13.7 Å². The van der Waals surface area contributed by atoms with Gasteiger partial charge in [0.15, 0.2) is 5.96 Å². The fourth-order valence-corrected chi connectivity index (χ4v) is 2.67. The number of nitrogens with zero attached hydrogens (tertiary/aromatic N) is 2. The highest BCUT2D eigenvalue weighted by Crippen LogP contribution is 2.22. The first-order valence-electron chi connectivity index (χ1n) is 9.12. The van der Waals surface area contributed by atoms with Crippen molar-refractivity contribution in [3.05, 3.63) is 28.8 Å². The predicted molar refractivity (Wildman–Crippen MR) is 125 cm³/mol. The number of aliphatic imine (C=N–C) groups is 1. The second-order valence-electron chi connectivity index (χ2n) is 6.04. The van der Waals surface area contributed by atoms with Crippen molar-refractivity contribution < 1.29 is 9.47 Å². The monoisotopic (exact) mass is 512 g/mol. The number of rotatable bonds is 12. The molecule has 0 saturated heterocycles. The molecule has 0 aliphatic carbocycles. The summed E-state index contributed by atoms with van der Waals surface area (Å²) in [7, 11) is 5.47. The van der Waals surface area contributed by atoms with E-state index in [0.717, 1.165) is 74.5 Å². The third-order valence-electron chi connectivity index (χ3n) is 3.94. The highest BCUT2D eigenvalue weighted by Gasteiger charge is 2.04. The van der Waals surface area contributed by atoms with Crippen LogP contribution in [0.5, 0.6) is 5.75 Å². The molecular weight excluding hydrogens is 479 g/mol.